The molecule has 1 unspecified atom stereocenters. The number of rotatable bonds is 5. The Bertz CT molecular complexity index is 867. The van der Waals surface area contributed by atoms with E-state index in [1.807, 2.05) is 0 Å². The second-order valence-electron chi connectivity index (χ2n) is 9.80. The molecule has 1 aromatic carbocycles. The molecule has 2 aliphatic heterocycles. The van der Waals surface area contributed by atoms with Crippen molar-refractivity contribution < 1.29 is 19.8 Å². The van der Waals surface area contributed by atoms with Crippen LogP contribution in [0.25, 0.3) is 10.9 Å². The third kappa shape index (κ3) is 3.63. The number of nitrogens with zero attached hydrogens (tertiary/aromatic N) is 1. The number of piperazine rings is 1. The molecule has 0 bridgehead atoms. The molecule has 0 radical (unpaired) electrons. The zero-order valence-electron chi connectivity index (χ0n) is 18.3. The minimum absolute atomic E-state index is 0.174. The lowest BCUT2D eigenvalue weighted by atomic mass is 9.89. The van der Waals surface area contributed by atoms with Crippen molar-refractivity contribution >= 4 is 10.9 Å². The number of fused-ring (bicyclic) bond motifs is 3. The molecule has 1 aliphatic carbocycles. The molecule has 3 atom stereocenters. The summed E-state index contributed by atoms with van der Waals surface area (Å²) in [5.41, 5.74) is 6.01. The van der Waals surface area contributed by atoms with Gasteiger partial charge in [0.25, 0.3) is 0 Å². The fourth-order valence-electron chi connectivity index (χ4n) is 6.37. The maximum absolute atomic E-state index is 10.9. The van der Waals surface area contributed by atoms with Crippen LogP contribution in [0, 0.1) is 6.92 Å². The van der Waals surface area contributed by atoms with E-state index in [2.05, 4.69) is 36.6 Å². The van der Waals surface area contributed by atoms with Crippen LogP contribution in [-0.4, -0.2) is 68.1 Å². The molecule has 1 saturated heterocycles. The van der Waals surface area contributed by atoms with Gasteiger partial charge in [0.15, 0.2) is 6.10 Å². The number of aromatic nitrogens is 1. The van der Waals surface area contributed by atoms with Crippen molar-refractivity contribution in [2.75, 3.05) is 52.4 Å². The van der Waals surface area contributed by atoms with Gasteiger partial charge in [-0.3, -0.25) is 0 Å². The third-order valence-electron chi connectivity index (χ3n) is 7.95. The van der Waals surface area contributed by atoms with Gasteiger partial charge in [-0.2, -0.15) is 0 Å². The molecule has 0 amide bonds. The zero-order valence-corrected chi connectivity index (χ0v) is 18.3. The lowest BCUT2D eigenvalue weighted by Crippen LogP contribution is -3.28. The number of hydrogen-bond acceptors (Lipinski definition) is 1. The predicted molar refractivity (Wildman–Crippen MR) is 116 cm³/mol. The average Bonchev–Trinajstić information content (AvgIpc) is 3.05. The number of likely N-dealkylation sites (N-methyl/N-ethyl adjacent to an activating group) is 1. The van der Waals surface area contributed by atoms with Crippen molar-refractivity contribution in [3.05, 3.63) is 35.0 Å². The van der Waals surface area contributed by atoms with E-state index < -0.39 is 0 Å². The summed E-state index contributed by atoms with van der Waals surface area (Å²) < 4.78 is 2.61. The van der Waals surface area contributed by atoms with Crippen LogP contribution in [0.2, 0.25) is 0 Å². The molecule has 158 valence electrons. The summed E-state index contributed by atoms with van der Waals surface area (Å²) >= 11 is 0. The zero-order chi connectivity index (χ0) is 20.0. The monoisotopic (exact) mass is 399 g/mol. The van der Waals surface area contributed by atoms with Gasteiger partial charge in [0, 0.05) is 17.3 Å². The van der Waals surface area contributed by atoms with E-state index >= 15 is 0 Å². The van der Waals surface area contributed by atoms with Crippen molar-refractivity contribution in [1.29, 1.82) is 0 Å². The first-order valence-corrected chi connectivity index (χ1v) is 12.0. The Morgan fingerprint density at radius 2 is 1.90 bits per heavy atom. The molecular formula is C24H39N4O+3. The van der Waals surface area contributed by atoms with Gasteiger partial charge < -0.3 is 24.4 Å². The summed E-state index contributed by atoms with van der Waals surface area (Å²) in [5, 5.41) is 12.4. The van der Waals surface area contributed by atoms with Crippen molar-refractivity contribution in [2.24, 2.45) is 0 Å². The highest BCUT2D eigenvalue weighted by molar-refractivity contribution is 5.86. The van der Waals surface area contributed by atoms with Gasteiger partial charge >= 0.3 is 0 Å². The standard InChI is InChI=1S/C24H36N4O/c1-3-25-9-11-26(12-10-25)16-19(29)17-27-13-14-28-22-8-7-18(2)15-21(22)20-5-4-6-23(27)24(20)28/h7-8,15,19,23,29H,3-6,9-14,16-17H2,1-2H3/p+3/t19-,23+/m1/s1. The number of aliphatic hydroxyl groups is 1. The summed E-state index contributed by atoms with van der Waals surface area (Å²) in [6.45, 7) is 14.8. The summed E-state index contributed by atoms with van der Waals surface area (Å²) in [6, 6.07) is 7.57. The third-order valence-corrected chi connectivity index (χ3v) is 7.95. The Morgan fingerprint density at radius 1 is 1.10 bits per heavy atom. The topological polar surface area (TPSA) is 38.5 Å². The van der Waals surface area contributed by atoms with Crippen LogP contribution in [0.4, 0.5) is 0 Å². The van der Waals surface area contributed by atoms with Gasteiger partial charge in [0.1, 0.15) is 45.3 Å². The van der Waals surface area contributed by atoms with E-state index in [0.29, 0.717) is 6.04 Å². The number of aliphatic hydroxyl groups excluding tert-OH is 1. The lowest BCUT2D eigenvalue weighted by molar-refractivity contribution is -1.01. The minimum Gasteiger partial charge on any atom is -0.382 e. The maximum Gasteiger partial charge on any atom is 0.152 e. The van der Waals surface area contributed by atoms with Gasteiger partial charge in [-0.1, -0.05) is 11.6 Å². The highest BCUT2D eigenvalue weighted by Gasteiger charge is 2.39. The first-order valence-electron chi connectivity index (χ1n) is 12.0. The Kier molecular flexibility index (Phi) is 5.41. The van der Waals surface area contributed by atoms with Gasteiger partial charge in [-0.05, 0) is 44.4 Å². The van der Waals surface area contributed by atoms with E-state index in [9.17, 15) is 5.11 Å². The van der Waals surface area contributed by atoms with Gasteiger partial charge in [0.05, 0.1) is 25.3 Å². The van der Waals surface area contributed by atoms with Crippen molar-refractivity contribution in [3.8, 4) is 0 Å². The summed E-state index contributed by atoms with van der Waals surface area (Å²) in [6.07, 6.45) is 3.61. The Labute approximate surface area is 174 Å². The van der Waals surface area contributed by atoms with E-state index in [0.717, 1.165) is 26.2 Å². The van der Waals surface area contributed by atoms with E-state index in [1.165, 1.54) is 68.5 Å². The van der Waals surface area contributed by atoms with E-state index in [4.69, 9.17) is 0 Å². The number of hydrogen-bond donors (Lipinski definition) is 4. The van der Waals surface area contributed by atoms with Gasteiger partial charge in [-0.15, -0.1) is 0 Å². The van der Waals surface area contributed by atoms with Gasteiger partial charge in [0.2, 0.25) is 0 Å². The summed E-state index contributed by atoms with van der Waals surface area (Å²) in [5.74, 6) is 0. The van der Waals surface area contributed by atoms with Crippen molar-refractivity contribution in [1.82, 2.24) is 4.57 Å². The molecular weight excluding hydrogens is 360 g/mol. The van der Waals surface area contributed by atoms with Crippen LogP contribution in [-0.2, 0) is 13.0 Å². The normalized spacial score (nSPS) is 30.3. The molecule has 29 heavy (non-hydrogen) atoms. The van der Waals surface area contributed by atoms with Crippen molar-refractivity contribution in [3.63, 3.8) is 0 Å². The number of quaternary nitrogens is 3. The summed E-state index contributed by atoms with van der Waals surface area (Å²) in [4.78, 5) is 4.96. The van der Waals surface area contributed by atoms with Crippen LogP contribution in [0.3, 0.4) is 0 Å². The molecule has 5 nitrogen and oxygen atoms in total. The lowest BCUT2D eigenvalue weighted by Gasteiger charge is -2.38. The molecule has 5 rings (SSSR count). The molecule has 1 aromatic heterocycles. The molecule has 2 aromatic rings. The molecule has 1 fully saturated rings. The number of aryl methyl sites for hydroxylation is 2. The van der Waals surface area contributed by atoms with Crippen LogP contribution in [0.5, 0.6) is 0 Å². The smallest absolute Gasteiger partial charge is 0.152 e. The predicted octanol–water partition coefficient (Wildman–Crippen LogP) is -1.61. The highest BCUT2D eigenvalue weighted by Crippen LogP contribution is 2.37. The molecule has 4 N–H and O–H groups in total. The second-order valence-corrected chi connectivity index (χ2v) is 9.80. The van der Waals surface area contributed by atoms with Crippen LogP contribution in [0.1, 0.15) is 42.6 Å². The molecule has 3 heterocycles. The van der Waals surface area contributed by atoms with Crippen molar-refractivity contribution in [2.45, 2.75) is 51.8 Å². The summed E-state index contributed by atoms with van der Waals surface area (Å²) in [7, 11) is 0. The van der Waals surface area contributed by atoms with E-state index in [1.54, 1.807) is 26.0 Å². The first-order chi connectivity index (χ1) is 14.1. The van der Waals surface area contributed by atoms with E-state index in [-0.39, 0.29) is 6.10 Å². The number of benzene rings is 1. The second kappa shape index (κ2) is 8.03. The molecule has 3 aliphatic rings. The van der Waals surface area contributed by atoms with Gasteiger partial charge in [-0.25, -0.2) is 0 Å². The number of nitrogens with one attached hydrogen (secondary N) is 3. The molecule has 0 spiro atoms. The van der Waals surface area contributed by atoms with Crippen LogP contribution in [0.15, 0.2) is 18.2 Å². The van der Waals surface area contributed by atoms with Crippen LogP contribution >= 0.6 is 0 Å². The Hall–Kier alpha value is -1.40. The molecule has 0 saturated carbocycles. The Morgan fingerprint density at radius 3 is 2.69 bits per heavy atom. The highest BCUT2D eigenvalue weighted by atomic mass is 16.3. The average molecular weight is 400 g/mol. The fraction of sp³-hybridized carbons (Fsp3) is 0.667. The first kappa shape index (κ1) is 19.6. The van der Waals surface area contributed by atoms with Crippen LogP contribution < -0.4 is 14.7 Å². The minimum atomic E-state index is -0.174. The molecule has 5 heteroatoms. The Balaban J connectivity index is 1.31. The largest absolute Gasteiger partial charge is 0.382 e. The SMILES string of the molecule is CC[NH+]1CC[NH+](C[C@@H](O)C[NH+]2CCn3c4c(c5cc(C)ccc53)CCC[C@@H]42)CC1. The maximum atomic E-state index is 10.9. The quantitative estimate of drug-likeness (QED) is 0.480. The fourth-order valence-corrected chi connectivity index (χ4v) is 6.37.